The maximum atomic E-state index is 13.8. The van der Waals surface area contributed by atoms with Crippen molar-refractivity contribution in [1.29, 1.82) is 0 Å². The van der Waals surface area contributed by atoms with E-state index in [4.69, 9.17) is 19.4 Å². The number of aryl methyl sites for hydroxylation is 1. The van der Waals surface area contributed by atoms with Crippen LogP contribution in [0, 0.1) is 6.92 Å². The van der Waals surface area contributed by atoms with Gasteiger partial charge in [0, 0.05) is 19.8 Å². The molecule has 3 rings (SSSR count). The second-order valence-electron chi connectivity index (χ2n) is 10.1. The molecule has 2 aromatic rings. The van der Waals surface area contributed by atoms with Gasteiger partial charge in [-0.3, -0.25) is 19.5 Å². The van der Waals surface area contributed by atoms with Gasteiger partial charge in [-0.25, -0.2) is 20.3 Å². The minimum atomic E-state index is -0.680. The number of pyridine rings is 2. The maximum absolute atomic E-state index is 13.8. The summed E-state index contributed by atoms with van der Waals surface area (Å²) < 4.78 is 5.90. The number of hydrogen-bond acceptors (Lipinski definition) is 8. The van der Waals surface area contributed by atoms with Gasteiger partial charge < -0.3 is 9.57 Å². The highest BCUT2D eigenvalue weighted by atomic mass is 16.7. The molecule has 0 bridgehead atoms. The number of amides is 2. The van der Waals surface area contributed by atoms with E-state index in [1.807, 2.05) is 45.9 Å². The smallest absolute Gasteiger partial charge is 0.411 e. The van der Waals surface area contributed by atoms with Crippen LogP contribution in [-0.4, -0.2) is 65.3 Å². The molecule has 0 aliphatic carbocycles. The van der Waals surface area contributed by atoms with Crippen LogP contribution >= 0.6 is 0 Å². The number of hydroxylamine groups is 3. The van der Waals surface area contributed by atoms with E-state index in [9.17, 15) is 9.59 Å². The van der Waals surface area contributed by atoms with Crippen molar-refractivity contribution in [2.45, 2.75) is 71.1 Å². The predicted octanol–water partition coefficient (Wildman–Crippen LogP) is 4.32. The summed E-state index contributed by atoms with van der Waals surface area (Å²) in [7, 11) is 4.52. The minimum absolute atomic E-state index is 0.239. The highest BCUT2D eigenvalue weighted by Gasteiger charge is 2.41. The summed E-state index contributed by atoms with van der Waals surface area (Å²) in [5.41, 5.74) is 5.84. The number of likely N-dealkylation sites (tertiary alicyclic amines) is 1. The molecule has 0 radical (unpaired) electrons. The molecule has 2 aromatic heterocycles. The van der Waals surface area contributed by atoms with Crippen molar-refractivity contribution in [1.82, 2.24) is 25.4 Å². The molecule has 0 aromatic carbocycles. The van der Waals surface area contributed by atoms with Crippen molar-refractivity contribution >= 4 is 12.0 Å². The standard InChI is InChI=1S/C27H39N5O5/c1-18-10-9-16-28-23(18)21-11-8-12-22(32(21)26(34)37-27(2,3)4)24-19(15-17-29-35-6)13-14-20(30-24)25(33)31(5)36-7/h9-10,13-14,16,21-22,29H,8,11-12,15,17H2,1-7H3/t21-,22+/m0/s1. The first-order chi connectivity index (χ1) is 17.6. The van der Waals surface area contributed by atoms with E-state index in [0.717, 1.165) is 34.7 Å². The molecule has 0 spiro atoms. The Morgan fingerprint density at radius 3 is 2.46 bits per heavy atom. The van der Waals surface area contributed by atoms with Crippen LogP contribution in [0.1, 0.15) is 85.1 Å². The molecule has 2 atom stereocenters. The number of carbonyl (C=O) groups is 2. The molecule has 37 heavy (non-hydrogen) atoms. The normalized spacial score (nSPS) is 18.0. The Morgan fingerprint density at radius 2 is 1.84 bits per heavy atom. The summed E-state index contributed by atoms with van der Waals surface area (Å²) >= 11 is 0. The van der Waals surface area contributed by atoms with Crippen LogP contribution in [-0.2, 0) is 20.8 Å². The highest BCUT2D eigenvalue weighted by Crippen LogP contribution is 2.43. The van der Waals surface area contributed by atoms with Gasteiger partial charge in [0.1, 0.15) is 11.3 Å². The molecule has 1 fully saturated rings. The van der Waals surface area contributed by atoms with Gasteiger partial charge in [0.2, 0.25) is 0 Å². The van der Waals surface area contributed by atoms with Crippen molar-refractivity contribution in [2.24, 2.45) is 0 Å². The SMILES string of the molecule is CONCCc1ccc(C(=O)N(C)OC)nc1[C@H]1CCC[C@@H](c2ncccc2C)N1C(=O)OC(C)(C)C. The van der Waals surface area contributed by atoms with Gasteiger partial charge in [-0.05, 0) is 76.6 Å². The number of nitrogens with one attached hydrogen (secondary N) is 1. The van der Waals surface area contributed by atoms with Crippen molar-refractivity contribution in [3.8, 4) is 0 Å². The van der Waals surface area contributed by atoms with Gasteiger partial charge in [0.05, 0.1) is 37.7 Å². The lowest BCUT2D eigenvalue weighted by molar-refractivity contribution is -0.0760. The van der Waals surface area contributed by atoms with Crippen LogP contribution in [0.4, 0.5) is 4.79 Å². The Balaban J connectivity index is 2.14. The minimum Gasteiger partial charge on any atom is -0.444 e. The third-order valence-corrected chi connectivity index (χ3v) is 6.34. The molecule has 1 saturated heterocycles. The first-order valence-corrected chi connectivity index (χ1v) is 12.6. The first-order valence-electron chi connectivity index (χ1n) is 12.6. The van der Waals surface area contributed by atoms with Crippen LogP contribution in [0.25, 0.3) is 0 Å². The number of carbonyl (C=O) groups excluding carboxylic acids is 2. The van der Waals surface area contributed by atoms with Crippen LogP contribution in [0.3, 0.4) is 0 Å². The molecule has 3 heterocycles. The summed E-state index contributed by atoms with van der Waals surface area (Å²) in [5.74, 6) is -0.373. The van der Waals surface area contributed by atoms with Crippen molar-refractivity contribution in [3.63, 3.8) is 0 Å². The fourth-order valence-electron chi connectivity index (χ4n) is 4.61. The van der Waals surface area contributed by atoms with Crippen LogP contribution in [0.5, 0.6) is 0 Å². The lowest BCUT2D eigenvalue weighted by atomic mass is 9.88. The molecule has 0 unspecified atom stereocenters. The van der Waals surface area contributed by atoms with E-state index in [1.54, 1.807) is 24.3 Å². The van der Waals surface area contributed by atoms with E-state index in [2.05, 4.69) is 10.5 Å². The molecule has 0 saturated carbocycles. The van der Waals surface area contributed by atoms with Gasteiger partial charge in [-0.2, -0.15) is 0 Å². The van der Waals surface area contributed by atoms with E-state index < -0.39 is 17.7 Å². The van der Waals surface area contributed by atoms with Gasteiger partial charge in [0.25, 0.3) is 5.91 Å². The molecule has 10 heteroatoms. The Labute approximate surface area is 219 Å². The van der Waals surface area contributed by atoms with Gasteiger partial charge >= 0.3 is 6.09 Å². The number of aromatic nitrogens is 2. The molecule has 202 valence electrons. The molecule has 1 aliphatic rings. The van der Waals surface area contributed by atoms with E-state index in [0.29, 0.717) is 25.1 Å². The number of nitrogens with zero attached hydrogens (tertiary/aromatic N) is 4. The third-order valence-electron chi connectivity index (χ3n) is 6.34. The number of rotatable bonds is 8. The van der Waals surface area contributed by atoms with Gasteiger partial charge in [-0.1, -0.05) is 12.1 Å². The predicted molar refractivity (Wildman–Crippen MR) is 138 cm³/mol. The Bertz CT molecular complexity index is 1090. The van der Waals surface area contributed by atoms with Crippen LogP contribution < -0.4 is 5.48 Å². The fraction of sp³-hybridized carbons (Fsp3) is 0.556. The zero-order chi connectivity index (χ0) is 27.2. The molecule has 10 nitrogen and oxygen atoms in total. The maximum Gasteiger partial charge on any atom is 0.411 e. The van der Waals surface area contributed by atoms with E-state index in [1.165, 1.54) is 14.2 Å². The molecule has 1 aliphatic heterocycles. The number of piperidine rings is 1. The van der Waals surface area contributed by atoms with Gasteiger partial charge in [0.15, 0.2) is 0 Å². The quantitative estimate of drug-likeness (QED) is 0.411. The zero-order valence-corrected chi connectivity index (χ0v) is 22.9. The Morgan fingerprint density at radius 1 is 1.14 bits per heavy atom. The molecule has 2 amide bonds. The largest absolute Gasteiger partial charge is 0.444 e. The van der Waals surface area contributed by atoms with Crippen molar-refractivity contribution in [3.05, 3.63) is 58.7 Å². The summed E-state index contributed by atoms with van der Waals surface area (Å²) in [6.07, 6.45) is 4.20. The molecular formula is C27H39N5O5. The van der Waals surface area contributed by atoms with Gasteiger partial charge in [-0.15, -0.1) is 0 Å². The summed E-state index contributed by atoms with van der Waals surface area (Å²) in [4.78, 5) is 48.0. The average Bonchev–Trinajstić information content (AvgIpc) is 2.87. The van der Waals surface area contributed by atoms with Crippen molar-refractivity contribution in [2.75, 3.05) is 27.8 Å². The summed E-state index contributed by atoms with van der Waals surface area (Å²) in [5, 5.41) is 1.13. The lowest BCUT2D eigenvalue weighted by Gasteiger charge is -2.43. The Kier molecular flexibility index (Phi) is 9.58. The second kappa shape index (κ2) is 12.4. The summed E-state index contributed by atoms with van der Waals surface area (Å²) in [6.45, 7) is 8.10. The molecular weight excluding hydrogens is 474 g/mol. The first kappa shape index (κ1) is 28.5. The molecule has 1 N–H and O–H groups in total. The lowest BCUT2D eigenvalue weighted by Crippen LogP contribution is -2.45. The number of hydrogen-bond donors (Lipinski definition) is 1. The van der Waals surface area contributed by atoms with Crippen LogP contribution in [0.2, 0.25) is 0 Å². The topological polar surface area (TPSA) is 106 Å². The third kappa shape index (κ3) is 7.03. The van der Waals surface area contributed by atoms with E-state index >= 15 is 0 Å². The monoisotopic (exact) mass is 513 g/mol. The average molecular weight is 514 g/mol. The summed E-state index contributed by atoms with van der Waals surface area (Å²) in [6, 6.07) is 6.76. The van der Waals surface area contributed by atoms with E-state index in [-0.39, 0.29) is 17.6 Å². The van der Waals surface area contributed by atoms with Crippen LogP contribution in [0.15, 0.2) is 30.5 Å². The fourth-order valence-corrected chi connectivity index (χ4v) is 4.61. The second-order valence-corrected chi connectivity index (χ2v) is 10.1. The van der Waals surface area contributed by atoms with Crippen molar-refractivity contribution < 1.29 is 24.0 Å². The number of ether oxygens (including phenoxy) is 1. The highest BCUT2D eigenvalue weighted by molar-refractivity contribution is 5.91. The Hall–Kier alpha value is -3.08. The zero-order valence-electron chi connectivity index (χ0n) is 22.9.